The van der Waals surface area contributed by atoms with E-state index in [1.807, 2.05) is 0 Å². The molecule has 0 bridgehead atoms. The number of rotatable bonds is 3. The Labute approximate surface area is 245 Å². The zero-order valence-corrected chi connectivity index (χ0v) is 25.3. The van der Waals surface area contributed by atoms with Crippen LogP contribution in [0.1, 0.15) is 78.6 Å². The van der Waals surface area contributed by atoms with E-state index in [-0.39, 0.29) is 23.5 Å². The Hall–Kier alpha value is -0.320. The molecule has 0 aromatic carbocycles. The summed E-state index contributed by atoms with van der Waals surface area (Å²) in [6, 6.07) is 0.787. The maximum atomic E-state index is 11.6. The Balaban J connectivity index is 1.06. The lowest BCUT2D eigenvalue weighted by Crippen LogP contribution is -2.60. The van der Waals surface area contributed by atoms with Gasteiger partial charge >= 0.3 is 0 Å². The minimum absolute atomic E-state index is 0.0763. The lowest BCUT2D eigenvalue weighted by atomic mass is 9.51. The molecule has 41 heavy (non-hydrogen) atoms. The van der Waals surface area contributed by atoms with E-state index in [4.69, 9.17) is 9.47 Å². The third kappa shape index (κ3) is 4.68. The van der Waals surface area contributed by atoms with Gasteiger partial charge in [0.2, 0.25) is 0 Å². The molecule has 4 saturated carbocycles. The number of nitrogens with zero attached hydrogens (tertiary/aromatic N) is 1. The zero-order chi connectivity index (χ0) is 28.8. The van der Waals surface area contributed by atoms with Crippen LogP contribution in [0, 0.1) is 58.7 Å². The first-order valence-corrected chi connectivity index (χ1v) is 17.0. The van der Waals surface area contributed by atoms with Crippen molar-refractivity contribution < 1.29 is 35.0 Å². The number of aliphatic hydroxyl groups excluding tert-OH is 5. The zero-order valence-electron chi connectivity index (χ0n) is 25.3. The van der Waals surface area contributed by atoms with Crippen molar-refractivity contribution in [3.05, 3.63) is 0 Å². The molecule has 0 amide bonds. The first kappa shape index (κ1) is 29.4. The topological polar surface area (TPSA) is 123 Å². The molecule has 0 unspecified atom stereocenters. The molecule has 3 aliphatic heterocycles. The second-order valence-corrected chi connectivity index (χ2v) is 15.9. The van der Waals surface area contributed by atoms with Gasteiger partial charge in [0.15, 0.2) is 6.29 Å². The molecule has 7 aliphatic rings. The molecular formula is C33H55NO7. The highest BCUT2D eigenvalue weighted by molar-refractivity contribution is 5.12. The van der Waals surface area contributed by atoms with Crippen molar-refractivity contribution in [2.45, 2.75) is 128 Å². The lowest BCUT2D eigenvalue weighted by molar-refractivity contribution is -0.317. The standard InChI is InChI=1S/C33H55NO7/c1-16-4-7-26-17(2)19-5-6-20-21(23(19)14-34(26)13-16)11-24-22(20)12-27(36)25-10-18(8-9-33(24,25)3)40-32-31(39)30(38)29(37)28(15-35)41-32/h16-32,35-39H,4-15H2,1-3H3/t16-,17-,18+,19+,20-,21-,22+,23-,24+,25-,26+,27-,28-,29-,30+,31-,32-,33-/m1/s1. The fourth-order valence-corrected chi connectivity index (χ4v) is 12.1. The second kappa shape index (κ2) is 10.9. The van der Waals surface area contributed by atoms with Gasteiger partial charge in [0.05, 0.1) is 18.8 Å². The third-order valence-electron chi connectivity index (χ3n) is 14.1. The molecule has 0 aromatic rings. The van der Waals surface area contributed by atoms with Gasteiger partial charge in [-0.15, -0.1) is 0 Å². The Morgan fingerprint density at radius 3 is 2.34 bits per heavy atom. The van der Waals surface area contributed by atoms with Gasteiger partial charge in [-0.05, 0) is 116 Å². The molecule has 8 nitrogen and oxygen atoms in total. The predicted octanol–water partition coefficient (Wildman–Crippen LogP) is 2.39. The van der Waals surface area contributed by atoms with Crippen LogP contribution < -0.4 is 0 Å². The molecule has 0 aromatic heterocycles. The van der Waals surface area contributed by atoms with E-state index < -0.39 is 37.3 Å². The fraction of sp³-hybridized carbons (Fsp3) is 1.00. The summed E-state index contributed by atoms with van der Waals surface area (Å²) in [6.45, 7) is 9.55. The van der Waals surface area contributed by atoms with Crippen LogP contribution in [-0.2, 0) is 9.47 Å². The highest BCUT2D eigenvalue weighted by Gasteiger charge is 2.63. The smallest absolute Gasteiger partial charge is 0.186 e. The normalized spacial score (nSPS) is 59.0. The largest absolute Gasteiger partial charge is 0.394 e. The van der Waals surface area contributed by atoms with Gasteiger partial charge in [0.1, 0.15) is 24.4 Å². The van der Waals surface area contributed by atoms with E-state index in [0.717, 1.165) is 60.8 Å². The van der Waals surface area contributed by atoms with Crippen molar-refractivity contribution in [3.8, 4) is 0 Å². The highest BCUT2D eigenvalue weighted by Crippen LogP contribution is 2.67. The average molecular weight is 578 g/mol. The summed E-state index contributed by atoms with van der Waals surface area (Å²) >= 11 is 0. The van der Waals surface area contributed by atoms with Gasteiger partial charge < -0.3 is 35.0 Å². The van der Waals surface area contributed by atoms with E-state index in [0.29, 0.717) is 18.3 Å². The third-order valence-corrected chi connectivity index (χ3v) is 14.1. The Morgan fingerprint density at radius 2 is 1.56 bits per heavy atom. The summed E-state index contributed by atoms with van der Waals surface area (Å²) in [5.41, 5.74) is 0.0763. The van der Waals surface area contributed by atoms with Crippen LogP contribution in [0.2, 0.25) is 0 Å². The second-order valence-electron chi connectivity index (χ2n) is 15.9. The van der Waals surface area contributed by atoms with E-state index >= 15 is 0 Å². The monoisotopic (exact) mass is 577 g/mol. The number of hydrogen-bond donors (Lipinski definition) is 5. The van der Waals surface area contributed by atoms with Crippen LogP contribution in [0.15, 0.2) is 0 Å². The fourth-order valence-electron chi connectivity index (χ4n) is 12.1. The van der Waals surface area contributed by atoms with Gasteiger partial charge in [0, 0.05) is 19.1 Å². The maximum absolute atomic E-state index is 11.6. The molecule has 8 heteroatoms. The molecule has 3 heterocycles. The molecular weight excluding hydrogens is 522 g/mol. The van der Waals surface area contributed by atoms with Crippen molar-refractivity contribution in [2.24, 2.45) is 58.7 Å². The molecule has 18 atom stereocenters. The van der Waals surface area contributed by atoms with Crippen molar-refractivity contribution in [1.82, 2.24) is 4.90 Å². The molecule has 7 rings (SSSR count). The van der Waals surface area contributed by atoms with Crippen LogP contribution in [0.25, 0.3) is 0 Å². The summed E-state index contributed by atoms with van der Waals surface area (Å²) in [4.78, 5) is 2.88. The number of hydrogen-bond acceptors (Lipinski definition) is 8. The van der Waals surface area contributed by atoms with E-state index in [9.17, 15) is 25.5 Å². The minimum Gasteiger partial charge on any atom is -0.394 e. The quantitative estimate of drug-likeness (QED) is 0.324. The van der Waals surface area contributed by atoms with Gasteiger partial charge in [0.25, 0.3) is 0 Å². The summed E-state index contributed by atoms with van der Waals surface area (Å²) in [6.07, 6.45) is 3.39. The van der Waals surface area contributed by atoms with Gasteiger partial charge in [-0.3, -0.25) is 4.90 Å². The van der Waals surface area contributed by atoms with E-state index in [1.165, 1.54) is 45.2 Å². The van der Waals surface area contributed by atoms with Crippen LogP contribution >= 0.6 is 0 Å². The van der Waals surface area contributed by atoms with Crippen LogP contribution in [0.3, 0.4) is 0 Å². The Morgan fingerprint density at radius 1 is 0.780 bits per heavy atom. The Kier molecular flexibility index (Phi) is 7.84. The Bertz CT molecular complexity index is 949. The summed E-state index contributed by atoms with van der Waals surface area (Å²) in [7, 11) is 0. The first-order chi connectivity index (χ1) is 19.6. The molecule has 7 fully saturated rings. The number of aliphatic hydroxyl groups is 5. The first-order valence-electron chi connectivity index (χ1n) is 17.0. The number of piperidine rings is 2. The average Bonchev–Trinajstić information content (AvgIpc) is 3.34. The minimum atomic E-state index is -1.43. The lowest BCUT2D eigenvalue weighted by Gasteiger charge is -2.57. The van der Waals surface area contributed by atoms with Gasteiger partial charge in [-0.25, -0.2) is 0 Å². The van der Waals surface area contributed by atoms with Gasteiger partial charge in [-0.1, -0.05) is 20.8 Å². The summed E-state index contributed by atoms with van der Waals surface area (Å²) in [5.74, 6) is 6.23. The summed E-state index contributed by atoms with van der Waals surface area (Å²) in [5, 5.41) is 52.1. The molecule has 0 spiro atoms. The molecule has 3 saturated heterocycles. The number of fused-ring (bicyclic) bond motifs is 8. The molecule has 0 radical (unpaired) electrons. The van der Waals surface area contributed by atoms with E-state index in [2.05, 4.69) is 25.7 Å². The van der Waals surface area contributed by atoms with Crippen LogP contribution in [-0.4, -0.2) is 99.1 Å². The molecule has 234 valence electrons. The van der Waals surface area contributed by atoms with Crippen LogP contribution in [0.4, 0.5) is 0 Å². The molecule has 5 N–H and O–H groups in total. The highest BCUT2D eigenvalue weighted by atomic mass is 16.7. The van der Waals surface area contributed by atoms with Crippen molar-refractivity contribution in [3.63, 3.8) is 0 Å². The van der Waals surface area contributed by atoms with Crippen molar-refractivity contribution >= 4 is 0 Å². The van der Waals surface area contributed by atoms with Crippen molar-refractivity contribution in [1.29, 1.82) is 0 Å². The van der Waals surface area contributed by atoms with Crippen LogP contribution in [0.5, 0.6) is 0 Å². The number of ether oxygens (including phenoxy) is 2. The molecule has 4 aliphatic carbocycles. The SMILES string of the molecule is C[C@@H]1CC[C@H]2[C@H](C)[C@@H]3CC[C@@H]4[C@@H](C[C@H]5[C@H]4C[C@@H](O)[C@H]4C[C@@H](O[C@@H]6O[C@H](CO)[C@@H](O)[C@H](O)[C@H]6O)CC[C@@]45C)[C@@H]3CN2C1. The summed E-state index contributed by atoms with van der Waals surface area (Å²) < 4.78 is 11.9. The van der Waals surface area contributed by atoms with Crippen molar-refractivity contribution in [2.75, 3.05) is 19.7 Å². The van der Waals surface area contributed by atoms with Gasteiger partial charge in [-0.2, -0.15) is 0 Å². The maximum Gasteiger partial charge on any atom is 0.186 e. The predicted molar refractivity (Wildman–Crippen MR) is 152 cm³/mol. The van der Waals surface area contributed by atoms with E-state index in [1.54, 1.807) is 0 Å².